The van der Waals surface area contributed by atoms with Gasteiger partial charge in [-0.2, -0.15) is 0 Å². The molecule has 3 rings (SSSR count). The van der Waals surface area contributed by atoms with Gasteiger partial charge in [-0.15, -0.1) is 0 Å². The topological polar surface area (TPSA) is 58.8 Å². The number of aryl methyl sites for hydroxylation is 1. The average Bonchev–Trinajstić information content (AvgIpc) is 2.63. The first-order chi connectivity index (χ1) is 11.7. The van der Waals surface area contributed by atoms with Gasteiger partial charge < -0.3 is 15.4 Å². The first-order valence-corrected chi connectivity index (χ1v) is 8.18. The fraction of sp³-hybridized carbons (Fsp3) is 0.316. The molecule has 2 aromatic carbocycles. The Kier molecular flexibility index (Phi) is 5.01. The van der Waals surface area contributed by atoms with Crippen LogP contribution in [0.25, 0.3) is 0 Å². The molecule has 1 aliphatic heterocycles. The van der Waals surface area contributed by atoms with E-state index in [0.717, 1.165) is 43.0 Å². The SMILES string of the molecule is Cc1cc(N2CCN(C(OC=O)c3ccccc3)CC2)ccc1N. The van der Waals surface area contributed by atoms with Gasteiger partial charge in [0, 0.05) is 43.1 Å². The molecule has 0 bridgehead atoms. The van der Waals surface area contributed by atoms with E-state index < -0.39 is 0 Å². The Morgan fingerprint density at radius 3 is 2.42 bits per heavy atom. The minimum atomic E-state index is -0.320. The summed E-state index contributed by atoms with van der Waals surface area (Å²) >= 11 is 0. The molecular weight excluding hydrogens is 302 g/mol. The number of hydrogen-bond acceptors (Lipinski definition) is 5. The van der Waals surface area contributed by atoms with Crippen molar-refractivity contribution in [2.24, 2.45) is 0 Å². The van der Waals surface area contributed by atoms with Gasteiger partial charge in [0.15, 0.2) is 6.23 Å². The second-order valence-electron chi connectivity index (χ2n) is 6.06. The number of benzene rings is 2. The monoisotopic (exact) mass is 325 g/mol. The summed E-state index contributed by atoms with van der Waals surface area (Å²) in [6, 6.07) is 16.0. The van der Waals surface area contributed by atoms with Gasteiger partial charge in [-0.1, -0.05) is 30.3 Å². The second kappa shape index (κ2) is 7.36. The zero-order chi connectivity index (χ0) is 16.9. The number of ether oxygens (including phenoxy) is 1. The van der Waals surface area contributed by atoms with E-state index in [1.807, 2.05) is 43.3 Å². The summed E-state index contributed by atoms with van der Waals surface area (Å²) < 4.78 is 5.35. The van der Waals surface area contributed by atoms with Crippen LogP contribution in [0.4, 0.5) is 11.4 Å². The van der Waals surface area contributed by atoms with Crippen LogP contribution >= 0.6 is 0 Å². The van der Waals surface area contributed by atoms with Crippen LogP contribution < -0.4 is 10.6 Å². The molecule has 126 valence electrons. The minimum Gasteiger partial charge on any atom is -0.444 e. The van der Waals surface area contributed by atoms with Gasteiger partial charge in [-0.25, -0.2) is 0 Å². The molecule has 2 N–H and O–H groups in total. The predicted octanol–water partition coefficient (Wildman–Crippen LogP) is 2.57. The van der Waals surface area contributed by atoms with Crippen molar-refractivity contribution in [3.63, 3.8) is 0 Å². The fourth-order valence-electron chi connectivity index (χ4n) is 3.12. The van der Waals surface area contributed by atoms with E-state index in [1.54, 1.807) is 0 Å². The van der Waals surface area contributed by atoms with Gasteiger partial charge in [0.1, 0.15) is 0 Å². The molecule has 1 saturated heterocycles. The zero-order valence-corrected chi connectivity index (χ0v) is 13.9. The highest BCUT2D eigenvalue weighted by Crippen LogP contribution is 2.26. The minimum absolute atomic E-state index is 0.320. The van der Waals surface area contributed by atoms with Crippen LogP contribution in [0.2, 0.25) is 0 Å². The van der Waals surface area contributed by atoms with Crippen molar-refractivity contribution in [3.05, 3.63) is 59.7 Å². The van der Waals surface area contributed by atoms with Crippen LogP contribution in [0.3, 0.4) is 0 Å². The summed E-state index contributed by atoms with van der Waals surface area (Å²) in [6.07, 6.45) is -0.320. The number of carbonyl (C=O) groups is 1. The molecule has 5 heteroatoms. The van der Waals surface area contributed by atoms with Crippen LogP contribution in [0, 0.1) is 6.92 Å². The van der Waals surface area contributed by atoms with Crippen LogP contribution in [0.5, 0.6) is 0 Å². The van der Waals surface area contributed by atoms with Crippen molar-refractivity contribution in [2.45, 2.75) is 13.2 Å². The van der Waals surface area contributed by atoms with Gasteiger partial charge >= 0.3 is 0 Å². The molecule has 1 heterocycles. The molecule has 0 radical (unpaired) electrons. The second-order valence-corrected chi connectivity index (χ2v) is 6.06. The maximum atomic E-state index is 10.9. The van der Waals surface area contributed by atoms with Crippen molar-refractivity contribution in [1.29, 1.82) is 0 Å². The summed E-state index contributed by atoms with van der Waals surface area (Å²) in [4.78, 5) is 15.5. The average molecular weight is 325 g/mol. The summed E-state index contributed by atoms with van der Waals surface area (Å²) in [5.74, 6) is 0. The normalized spacial score (nSPS) is 16.6. The van der Waals surface area contributed by atoms with E-state index in [9.17, 15) is 4.79 Å². The highest BCUT2D eigenvalue weighted by Gasteiger charge is 2.26. The number of nitrogen functional groups attached to an aromatic ring is 1. The van der Waals surface area contributed by atoms with Crippen molar-refractivity contribution in [1.82, 2.24) is 4.90 Å². The highest BCUT2D eigenvalue weighted by atomic mass is 16.5. The third kappa shape index (κ3) is 3.51. The van der Waals surface area contributed by atoms with E-state index in [2.05, 4.69) is 21.9 Å². The van der Waals surface area contributed by atoms with E-state index in [-0.39, 0.29) is 6.23 Å². The van der Waals surface area contributed by atoms with E-state index in [4.69, 9.17) is 10.5 Å². The Hall–Kier alpha value is -2.53. The number of carbonyl (C=O) groups excluding carboxylic acids is 1. The van der Waals surface area contributed by atoms with Crippen molar-refractivity contribution < 1.29 is 9.53 Å². The summed E-state index contributed by atoms with van der Waals surface area (Å²) in [7, 11) is 0. The standard InChI is InChI=1S/C19H23N3O2/c1-15-13-17(7-8-18(15)20)21-9-11-22(12-10-21)19(24-14-23)16-5-3-2-4-6-16/h2-8,13-14,19H,9-12,20H2,1H3. The summed E-state index contributed by atoms with van der Waals surface area (Å²) in [5.41, 5.74) is 10.0. The van der Waals surface area contributed by atoms with Crippen molar-refractivity contribution in [2.75, 3.05) is 36.8 Å². The number of hydrogen-bond donors (Lipinski definition) is 1. The van der Waals surface area contributed by atoms with E-state index >= 15 is 0 Å². The van der Waals surface area contributed by atoms with Gasteiger partial charge in [0.2, 0.25) is 0 Å². The molecule has 0 amide bonds. The lowest BCUT2D eigenvalue weighted by Crippen LogP contribution is -2.48. The van der Waals surface area contributed by atoms with Gasteiger partial charge in [0.05, 0.1) is 0 Å². The number of nitrogens with zero attached hydrogens (tertiary/aromatic N) is 2. The molecule has 1 fully saturated rings. The Morgan fingerprint density at radius 1 is 1.08 bits per heavy atom. The number of nitrogens with two attached hydrogens (primary N) is 1. The van der Waals surface area contributed by atoms with Gasteiger partial charge in [-0.3, -0.25) is 9.69 Å². The number of rotatable bonds is 5. The zero-order valence-electron chi connectivity index (χ0n) is 13.9. The molecular formula is C19H23N3O2. The smallest absolute Gasteiger partial charge is 0.294 e. The van der Waals surface area contributed by atoms with Crippen molar-refractivity contribution in [3.8, 4) is 0 Å². The predicted molar refractivity (Wildman–Crippen MR) is 95.7 cm³/mol. The Morgan fingerprint density at radius 2 is 1.79 bits per heavy atom. The summed E-state index contributed by atoms with van der Waals surface area (Å²) in [6.45, 7) is 5.99. The van der Waals surface area contributed by atoms with Crippen LogP contribution in [-0.4, -0.2) is 37.6 Å². The summed E-state index contributed by atoms with van der Waals surface area (Å²) in [5, 5.41) is 0. The molecule has 24 heavy (non-hydrogen) atoms. The van der Waals surface area contributed by atoms with Gasteiger partial charge in [-0.05, 0) is 30.7 Å². The third-order valence-electron chi connectivity index (χ3n) is 4.53. The van der Waals surface area contributed by atoms with Gasteiger partial charge in [0.25, 0.3) is 6.47 Å². The lowest BCUT2D eigenvalue weighted by atomic mass is 10.1. The lowest BCUT2D eigenvalue weighted by molar-refractivity contribution is -0.144. The molecule has 0 saturated carbocycles. The van der Waals surface area contributed by atoms with Crippen molar-refractivity contribution >= 4 is 17.8 Å². The third-order valence-corrected chi connectivity index (χ3v) is 4.53. The fourth-order valence-corrected chi connectivity index (χ4v) is 3.12. The van der Waals surface area contributed by atoms with Crippen LogP contribution in [0.15, 0.2) is 48.5 Å². The maximum Gasteiger partial charge on any atom is 0.294 e. The number of anilines is 2. The lowest BCUT2D eigenvalue weighted by Gasteiger charge is -2.39. The maximum absolute atomic E-state index is 10.9. The number of piperazine rings is 1. The van der Waals surface area contributed by atoms with Crippen LogP contribution in [-0.2, 0) is 9.53 Å². The van der Waals surface area contributed by atoms with E-state index in [0.29, 0.717) is 6.47 Å². The molecule has 0 spiro atoms. The molecule has 1 atom stereocenters. The molecule has 0 aliphatic carbocycles. The Bertz CT molecular complexity index is 682. The van der Waals surface area contributed by atoms with Crippen LogP contribution in [0.1, 0.15) is 17.4 Å². The first-order valence-electron chi connectivity index (χ1n) is 8.18. The molecule has 5 nitrogen and oxygen atoms in total. The Balaban J connectivity index is 1.68. The van der Waals surface area contributed by atoms with E-state index in [1.165, 1.54) is 5.69 Å². The molecule has 2 aromatic rings. The molecule has 0 aromatic heterocycles. The Labute approximate surface area is 142 Å². The largest absolute Gasteiger partial charge is 0.444 e. The highest BCUT2D eigenvalue weighted by molar-refractivity contribution is 5.58. The molecule has 1 aliphatic rings. The first kappa shape index (κ1) is 16.3. The quantitative estimate of drug-likeness (QED) is 0.676. The molecule has 1 unspecified atom stereocenters.